The van der Waals surface area contributed by atoms with Crippen molar-refractivity contribution in [2.75, 3.05) is 25.7 Å². The van der Waals surface area contributed by atoms with Crippen LogP contribution in [-0.4, -0.2) is 30.8 Å². The van der Waals surface area contributed by atoms with Gasteiger partial charge < -0.3 is 14.6 Å². The zero-order chi connectivity index (χ0) is 12.7. The molecular formula is C13H20O3S. The Kier molecular flexibility index (Phi) is 6.22. The molecule has 0 heterocycles. The summed E-state index contributed by atoms with van der Waals surface area (Å²) in [6.07, 6.45) is 2.54. The third-order valence-electron chi connectivity index (χ3n) is 2.42. The lowest BCUT2D eigenvalue weighted by Crippen LogP contribution is -2.03. The average Bonchev–Trinajstić information content (AvgIpc) is 2.34. The number of aliphatic hydroxyl groups excluding tert-OH is 1. The van der Waals surface area contributed by atoms with Gasteiger partial charge in [0.1, 0.15) is 11.5 Å². The lowest BCUT2D eigenvalue weighted by atomic mass is 10.1. The first-order valence-corrected chi connectivity index (χ1v) is 7.06. The predicted octanol–water partition coefficient (Wildman–Crippen LogP) is 2.88. The topological polar surface area (TPSA) is 38.7 Å². The summed E-state index contributed by atoms with van der Waals surface area (Å²) < 4.78 is 10.8. The van der Waals surface area contributed by atoms with Gasteiger partial charge in [0.05, 0.1) is 19.8 Å². The second kappa shape index (κ2) is 7.45. The van der Waals surface area contributed by atoms with Gasteiger partial charge in [0, 0.05) is 11.6 Å². The van der Waals surface area contributed by atoms with Crippen molar-refractivity contribution in [3.05, 3.63) is 23.8 Å². The summed E-state index contributed by atoms with van der Waals surface area (Å²) in [4.78, 5) is 0. The zero-order valence-corrected chi connectivity index (χ0v) is 11.4. The maximum absolute atomic E-state index is 9.65. The summed E-state index contributed by atoms with van der Waals surface area (Å²) >= 11 is 1.80. The molecule has 0 aliphatic carbocycles. The summed E-state index contributed by atoms with van der Waals surface area (Å²) in [7, 11) is 1.62. The fourth-order valence-electron chi connectivity index (χ4n) is 1.50. The molecule has 1 rings (SSSR count). The van der Waals surface area contributed by atoms with Crippen molar-refractivity contribution < 1.29 is 14.6 Å². The fourth-order valence-corrected chi connectivity index (χ4v) is 1.90. The molecule has 4 heteroatoms. The molecule has 3 nitrogen and oxygen atoms in total. The monoisotopic (exact) mass is 256 g/mol. The Labute approximate surface area is 107 Å². The molecule has 0 spiro atoms. The molecule has 0 bridgehead atoms. The SMILES string of the molecule is COc1ccc([C@@H](C)O)c(OCCCSC)c1. The van der Waals surface area contributed by atoms with E-state index in [1.54, 1.807) is 25.8 Å². The predicted molar refractivity (Wildman–Crippen MR) is 72.1 cm³/mol. The molecule has 0 aliphatic rings. The first-order chi connectivity index (χ1) is 8.19. The van der Waals surface area contributed by atoms with Crippen molar-refractivity contribution in [3.8, 4) is 11.5 Å². The molecule has 1 aromatic rings. The van der Waals surface area contributed by atoms with Crippen LogP contribution in [-0.2, 0) is 0 Å². The van der Waals surface area contributed by atoms with Gasteiger partial charge in [-0.25, -0.2) is 0 Å². The first-order valence-electron chi connectivity index (χ1n) is 5.66. The van der Waals surface area contributed by atoms with Gasteiger partial charge >= 0.3 is 0 Å². The van der Waals surface area contributed by atoms with Gasteiger partial charge in [0.15, 0.2) is 0 Å². The van der Waals surface area contributed by atoms with E-state index in [2.05, 4.69) is 6.26 Å². The molecule has 0 radical (unpaired) electrons. The summed E-state index contributed by atoms with van der Waals surface area (Å²) in [5.74, 6) is 2.53. The molecule has 1 atom stereocenters. The molecule has 0 aromatic heterocycles. The molecule has 1 aromatic carbocycles. The van der Waals surface area contributed by atoms with Gasteiger partial charge in [-0.2, -0.15) is 11.8 Å². The van der Waals surface area contributed by atoms with E-state index in [-0.39, 0.29) is 0 Å². The quantitative estimate of drug-likeness (QED) is 0.761. The van der Waals surface area contributed by atoms with Crippen LogP contribution in [0.4, 0.5) is 0 Å². The number of thioether (sulfide) groups is 1. The van der Waals surface area contributed by atoms with Crippen LogP contribution in [0, 0.1) is 0 Å². The van der Waals surface area contributed by atoms with Crippen LogP contribution in [0.2, 0.25) is 0 Å². The minimum atomic E-state index is -0.531. The van der Waals surface area contributed by atoms with Crippen LogP contribution in [0.25, 0.3) is 0 Å². The van der Waals surface area contributed by atoms with Gasteiger partial charge in [-0.05, 0) is 37.5 Å². The molecule has 1 N–H and O–H groups in total. The van der Waals surface area contributed by atoms with Crippen molar-refractivity contribution in [2.24, 2.45) is 0 Å². The molecule has 17 heavy (non-hydrogen) atoms. The zero-order valence-electron chi connectivity index (χ0n) is 10.6. The summed E-state index contributed by atoms with van der Waals surface area (Å²) in [5, 5.41) is 9.65. The Morgan fingerprint density at radius 3 is 2.76 bits per heavy atom. The van der Waals surface area contributed by atoms with E-state index in [0.717, 1.165) is 23.5 Å². The van der Waals surface area contributed by atoms with Gasteiger partial charge in [-0.3, -0.25) is 0 Å². The molecule has 0 unspecified atom stereocenters. The summed E-state index contributed by atoms with van der Waals surface area (Å²) in [5.41, 5.74) is 0.801. The van der Waals surface area contributed by atoms with Gasteiger partial charge in [0.2, 0.25) is 0 Å². The van der Waals surface area contributed by atoms with Crippen molar-refractivity contribution in [3.63, 3.8) is 0 Å². The first kappa shape index (κ1) is 14.2. The Bertz CT molecular complexity index is 339. The number of hydrogen-bond acceptors (Lipinski definition) is 4. The highest BCUT2D eigenvalue weighted by molar-refractivity contribution is 7.98. The van der Waals surface area contributed by atoms with E-state index in [0.29, 0.717) is 12.4 Å². The highest BCUT2D eigenvalue weighted by atomic mass is 32.2. The van der Waals surface area contributed by atoms with E-state index in [9.17, 15) is 5.11 Å². The van der Waals surface area contributed by atoms with E-state index >= 15 is 0 Å². The van der Waals surface area contributed by atoms with Crippen molar-refractivity contribution in [1.82, 2.24) is 0 Å². The number of rotatable bonds is 7. The molecule has 0 fully saturated rings. The van der Waals surface area contributed by atoms with Crippen LogP contribution in [0.5, 0.6) is 11.5 Å². The number of aliphatic hydroxyl groups is 1. The number of benzene rings is 1. The molecular weight excluding hydrogens is 236 g/mol. The number of hydrogen-bond donors (Lipinski definition) is 1. The van der Waals surface area contributed by atoms with E-state index in [4.69, 9.17) is 9.47 Å². The molecule has 0 saturated heterocycles. The second-order valence-corrected chi connectivity index (χ2v) is 4.76. The third kappa shape index (κ3) is 4.48. The molecule has 96 valence electrons. The Morgan fingerprint density at radius 2 is 2.18 bits per heavy atom. The Hall–Kier alpha value is -0.870. The number of methoxy groups -OCH3 is 1. The fraction of sp³-hybridized carbons (Fsp3) is 0.538. The van der Waals surface area contributed by atoms with Crippen LogP contribution in [0.3, 0.4) is 0 Å². The average molecular weight is 256 g/mol. The largest absolute Gasteiger partial charge is 0.497 e. The minimum Gasteiger partial charge on any atom is -0.497 e. The third-order valence-corrected chi connectivity index (χ3v) is 3.12. The highest BCUT2D eigenvalue weighted by Crippen LogP contribution is 2.29. The lowest BCUT2D eigenvalue weighted by Gasteiger charge is -2.14. The normalized spacial score (nSPS) is 12.2. The van der Waals surface area contributed by atoms with E-state index in [1.165, 1.54) is 0 Å². The summed E-state index contributed by atoms with van der Waals surface area (Å²) in [6, 6.07) is 5.49. The van der Waals surface area contributed by atoms with Crippen LogP contribution < -0.4 is 9.47 Å². The second-order valence-electron chi connectivity index (χ2n) is 3.77. The van der Waals surface area contributed by atoms with Crippen molar-refractivity contribution in [1.29, 1.82) is 0 Å². The molecule has 0 amide bonds. The van der Waals surface area contributed by atoms with Crippen LogP contribution in [0.1, 0.15) is 25.0 Å². The molecule has 0 aliphatic heterocycles. The van der Waals surface area contributed by atoms with Crippen molar-refractivity contribution >= 4 is 11.8 Å². The lowest BCUT2D eigenvalue weighted by molar-refractivity contribution is 0.191. The van der Waals surface area contributed by atoms with Gasteiger partial charge in [-0.15, -0.1) is 0 Å². The van der Waals surface area contributed by atoms with Crippen molar-refractivity contribution in [2.45, 2.75) is 19.4 Å². The van der Waals surface area contributed by atoms with Crippen LogP contribution in [0.15, 0.2) is 18.2 Å². The standard InChI is InChI=1S/C13H20O3S/c1-10(14)12-6-5-11(15-2)9-13(12)16-7-4-8-17-3/h5-6,9-10,14H,4,7-8H2,1-3H3/t10-/m1/s1. The maximum atomic E-state index is 9.65. The maximum Gasteiger partial charge on any atom is 0.128 e. The summed E-state index contributed by atoms with van der Waals surface area (Å²) in [6.45, 7) is 2.39. The highest BCUT2D eigenvalue weighted by Gasteiger charge is 2.10. The van der Waals surface area contributed by atoms with E-state index < -0.39 is 6.10 Å². The smallest absolute Gasteiger partial charge is 0.128 e. The number of ether oxygens (including phenoxy) is 2. The Morgan fingerprint density at radius 1 is 1.41 bits per heavy atom. The minimum absolute atomic E-state index is 0.531. The van der Waals surface area contributed by atoms with E-state index in [1.807, 2.05) is 18.2 Å². The van der Waals surface area contributed by atoms with Gasteiger partial charge in [0.25, 0.3) is 0 Å². The van der Waals surface area contributed by atoms with Crippen LogP contribution >= 0.6 is 11.8 Å². The molecule has 0 saturated carbocycles. The van der Waals surface area contributed by atoms with Gasteiger partial charge in [-0.1, -0.05) is 0 Å². The Balaban J connectivity index is 2.71.